The maximum atomic E-state index is 12.0. The molecule has 0 aliphatic carbocycles. The number of rotatable bonds is 10. The smallest absolute Gasteiger partial charge is 0.241 e. The van der Waals surface area contributed by atoms with Gasteiger partial charge in [0.25, 0.3) is 0 Å². The SMILES string of the molecule is CCOCCCNC(=NCc1ccccc1-n1nc(C)cc1C)NCC(=O)N(C)C. The highest BCUT2D eigenvalue weighted by Crippen LogP contribution is 2.17. The fraction of sp³-hybridized carbons (Fsp3) is 0.500. The summed E-state index contributed by atoms with van der Waals surface area (Å²) in [7, 11) is 3.47. The molecule has 0 atom stereocenters. The van der Waals surface area contributed by atoms with Crippen molar-refractivity contribution in [2.24, 2.45) is 4.99 Å². The van der Waals surface area contributed by atoms with Crippen molar-refractivity contribution < 1.29 is 9.53 Å². The molecular weight excluding hydrogens is 380 g/mol. The minimum absolute atomic E-state index is 0.0122. The lowest BCUT2D eigenvalue weighted by molar-refractivity contribution is -0.127. The number of para-hydroxylation sites is 1. The second kappa shape index (κ2) is 12.0. The van der Waals surface area contributed by atoms with Gasteiger partial charge >= 0.3 is 0 Å². The third-order valence-corrected chi connectivity index (χ3v) is 4.50. The number of amides is 1. The van der Waals surface area contributed by atoms with Gasteiger partial charge in [0.05, 0.1) is 24.5 Å². The minimum Gasteiger partial charge on any atom is -0.382 e. The van der Waals surface area contributed by atoms with Crippen LogP contribution in [0.5, 0.6) is 0 Å². The van der Waals surface area contributed by atoms with Crippen molar-refractivity contribution in [3.8, 4) is 5.69 Å². The van der Waals surface area contributed by atoms with E-state index in [1.54, 1.807) is 19.0 Å². The van der Waals surface area contributed by atoms with E-state index in [4.69, 9.17) is 9.73 Å². The number of likely N-dealkylation sites (N-methyl/N-ethyl adjacent to an activating group) is 1. The number of benzene rings is 1. The van der Waals surface area contributed by atoms with Crippen molar-refractivity contribution in [2.75, 3.05) is 40.4 Å². The van der Waals surface area contributed by atoms with Crippen LogP contribution < -0.4 is 10.6 Å². The number of hydrogen-bond donors (Lipinski definition) is 2. The molecule has 1 heterocycles. The summed E-state index contributed by atoms with van der Waals surface area (Å²) >= 11 is 0. The van der Waals surface area contributed by atoms with E-state index in [2.05, 4.69) is 21.8 Å². The van der Waals surface area contributed by atoms with Crippen LogP contribution in [0.25, 0.3) is 5.69 Å². The van der Waals surface area contributed by atoms with Gasteiger partial charge in [-0.3, -0.25) is 4.79 Å². The molecule has 0 saturated carbocycles. The number of aryl methyl sites for hydroxylation is 2. The Bertz CT molecular complexity index is 844. The number of nitrogens with zero attached hydrogens (tertiary/aromatic N) is 4. The molecular formula is C22H34N6O2. The van der Waals surface area contributed by atoms with Gasteiger partial charge < -0.3 is 20.3 Å². The van der Waals surface area contributed by atoms with Crippen LogP contribution in [0.3, 0.4) is 0 Å². The summed E-state index contributed by atoms with van der Waals surface area (Å²) in [6.07, 6.45) is 0.860. The maximum absolute atomic E-state index is 12.0. The number of carbonyl (C=O) groups excluding carboxylic acids is 1. The molecule has 30 heavy (non-hydrogen) atoms. The standard InChI is InChI=1S/C22H34N6O2/c1-6-30-13-9-12-23-22(25-16-21(29)27(4)5)24-15-19-10-7-8-11-20(19)28-18(3)14-17(2)26-28/h7-8,10-11,14H,6,9,12-13,15-16H2,1-5H3,(H2,23,24,25). The van der Waals surface area contributed by atoms with Gasteiger partial charge in [-0.25, -0.2) is 9.67 Å². The van der Waals surface area contributed by atoms with Gasteiger partial charge in [0.1, 0.15) is 0 Å². The molecule has 0 fully saturated rings. The largest absolute Gasteiger partial charge is 0.382 e. The van der Waals surface area contributed by atoms with Crippen LogP contribution in [0.1, 0.15) is 30.3 Å². The Kier molecular flexibility index (Phi) is 9.34. The number of guanidine groups is 1. The third kappa shape index (κ3) is 7.18. The van der Waals surface area contributed by atoms with Crippen molar-refractivity contribution in [2.45, 2.75) is 33.7 Å². The van der Waals surface area contributed by atoms with E-state index in [0.717, 1.165) is 29.1 Å². The van der Waals surface area contributed by atoms with Gasteiger partial charge in [-0.2, -0.15) is 5.10 Å². The average molecular weight is 415 g/mol. The molecule has 0 bridgehead atoms. The van der Waals surface area contributed by atoms with Crippen LogP contribution in [0.15, 0.2) is 35.3 Å². The lowest BCUT2D eigenvalue weighted by Gasteiger charge is -2.15. The van der Waals surface area contributed by atoms with Gasteiger partial charge in [-0.05, 0) is 44.9 Å². The first-order chi connectivity index (χ1) is 14.4. The summed E-state index contributed by atoms with van der Waals surface area (Å²) in [4.78, 5) is 18.2. The summed E-state index contributed by atoms with van der Waals surface area (Å²) < 4.78 is 7.32. The zero-order chi connectivity index (χ0) is 21.9. The number of nitrogens with one attached hydrogen (secondary N) is 2. The van der Waals surface area contributed by atoms with Crippen LogP contribution >= 0.6 is 0 Å². The molecule has 1 amide bonds. The highest BCUT2D eigenvalue weighted by Gasteiger charge is 2.10. The minimum atomic E-state index is -0.0122. The summed E-state index contributed by atoms with van der Waals surface area (Å²) in [6.45, 7) is 8.76. The van der Waals surface area contributed by atoms with Crippen molar-refractivity contribution in [1.82, 2.24) is 25.3 Å². The summed E-state index contributed by atoms with van der Waals surface area (Å²) in [5.74, 6) is 0.590. The van der Waals surface area contributed by atoms with E-state index in [0.29, 0.717) is 32.3 Å². The Balaban J connectivity index is 2.13. The van der Waals surface area contributed by atoms with Crippen LogP contribution in [-0.2, 0) is 16.1 Å². The van der Waals surface area contributed by atoms with Gasteiger partial charge in [0, 0.05) is 39.5 Å². The van der Waals surface area contributed by atoms with Crippen molar-refractivity contribution >= 4 is 11.9 Å². The Morgan fingerprint density at radius 3 is 2.67 bits per heavy atom. The first-order valence-corrected chi connectivity index (χ1v) is 10.3. The molecule has 8 nitrogen and oxygen atoms in total. The molecule has 8 heteroatoms. The van der Waals surface area contributed by atoms with Gasteiger partial charge in [-0.1, -0.05) is 18.2 Å². The molecule has 0 unspecified atom stereocenters. The molecule has 2 N–H and O–H groups in total. The Labute approximate surface area is 179 Å². The van der Waals surface area contributed by atoms with Crippen LogP contribution in [0.4, 0.5) is 0 Å². The highest BCUT2D eigenvalue weighted by atomic mass is 16.5. The second-order valence-corrected chi connectivity index (χ2v) is 7.25. The molecule has 2 rings (SSSR count). The summed E-state index contributed by atoms with van der Waals surface area (Å²) in [6, 6.07) is 10.1. The third-order valence-electron chi connectivity index (χ3n) is 4.50. The van der Waals surface area contributed by atoms with Crippen LogP contribution in [-0.4, -0.2) is 66.9 Å². The fourth-order valence-corrected chi connectivity index (χ4v) is 2.91. The number of hydrogen-bond acceptors (Lipinski definition) is 4. The van der Waals surface area contributed by atoms with E-state index >= 15 is 0 Å². The molecule has 0 aliphatic heterocycles. The molecule has 164 valence electrons. The first-order valence-electron chi connectivity index (χ1n) is 10.3. The number of aliphatic imine (C=N–C) groups is 1. The quantitative estimate of drug-likeness (QED) is 0.353. The monoisotopic (exact) mass is 414 g/mol. The predicted molar refractivity (Wildman–Crippen MR) is 120 cm³/mol. The molecule has 0 radical (unpaired) electrons. The second-order valence-electron chi connectivity index (χ2n) is 7.25. The van der Waals surface area contributed by atoms with E-state index in [9.17, 15) is 4.79 Å². The highest BCUT2D eigenvalue weighted by molar-refractivity contribution is 5.86. The summed E-state index contributed by atoms with van der Waals surface area (Å²) in [5, 5.41) is 11.0. The fourth-order valence-electron chi connectivity index (χ4n) is 2.91. The lowest BCUT2D eigenvalue weighted by atomic mass is 10.2. The molecule has 0 aliphatic rings. The Morgan fingerprint density at radius 2 is 2.00 bits per heavy atom. The van der Waals surface area contributed by atoms with Crippen molar-refractivity contribution in [1.29, 1.82) is 0 Å². The topological polar surface area (TPSA) is 83.8 Å². The lowest BCUT2D eigenvalue weighted by Crippen LogP contribution is -2.43. The van der Waals surface area contributed by atoms with Gasteiger partial charge in [-0.15, -0.1) is 0 Å². The zero-order valence-electron chi connectivity index (χ0n) is 18.7. The number of ether oxygens (including phenoxy) is 1. The molecule has 0 saturated heterocycles. The van der Waals surface area contributed by atoms with Gasteiger partial charge in [0.15, 0.2) is 5.96 Å². The number of aromatic nitrogens is 2. The van der Waals surface area contributed by atoms with E-state index in [-0.39, 0.29) is 12.5 Å². The molecule has 1 aromatic carbocycles. The van der Waals surface area contributed by atoms with Crippen molar-refractivity contribution in [3.05, 3.63) is 47.3 Å². The molecule has 0 spiro atoms. The number of carbonyl (C=O) groups is 1. The average Bonchev–Trinajstić information content (AvgIpc) is 3.06. The maximum Gasteiger partial charge on any atom is 0.241 e. The molecule has 2 aromatic rings. The molecule has 1 aromatic heterocycles. The Hall–Kier alpha value is -2.87. The first kappa shape index (κ1) is 23.4. The van der Waals surface area contributed by atoms with E-state index in [1.165, 1.54) is 0 Å². The van der Waals surface area contributed by atoms with E-state index in [1.807, 2.05) is 49.7 Å². The van der Waals surface area contributed by atoms with Crippen LogP contribution in [0, 0.1) is 13.8 Å². The van der Waals surface area contributed by atoms with Crippen LogP contribution in [0.2, 0.25) is 0 Å². The summed E-state index contributed by atoms with van der Waals surface area (Å²) in [5.41, 5.74) is 4.11. The van der Waals surface area contributed by atoms with Crippen molar-refractivity contribution in [3.63, 3.8) is 0 Å². The Morgan fingerprint density at radius 1 is 1.23 bits per heavy atom. The predicted octanol–water partition coefficient (Wildman–Crippen LogP) is 2.04. The normalized spacial score (nSPS) is 11.4. The zero-order valence-corrected chi connectivity index (χ0v) is 18.7. The van der Waals surface area contributed by atoms with E-state index < -0.39 is 0 Å². The van der Waals surface area contributed by atoms with Gasteiger partial charge in [0.2, 0.25) is 5.91 Å².